The average Bonchev–Trinajstić information content (AvgIpc) is 2.48. The van der Waals surface area contributed by atoms with Crippen molar-refractivity contribution in [2.24, 2.45) is 0 Å². The molecule has 0 saturated heterocycles. The summed E-state index contributed by atoms with van der Waals surface area (Å²) in [6.45, 7) is 2.05. The summed E-state index contributed by atoms with van der Waals surface area (Å²) >= 11 is 0. The lowest BCUT2D eigenvalue weighted by Gasteiger charge is -2.10. The normalized spacial score (nSPS) is 10.2. The predicted molar refractivity (Wildman–Crippen MR) is 77.5 cm³/mol. The van der Waals surface area contributed by atoms with E-state index < -0.39 is 5.97 Å². The number of nitrogens with two attached hydrogens (primary N) is 1. The third-order valence-corrected chi connectivity index (χ3v) is 2.87. The van der Waals surface area contributed by atoms with Crippen molar-refractivity contribution < 1.29 is 18.7 Å². The summed E-state index contributed by atoms with van der Waals surface area (Å²) in [5, 5.41) is 0. The highest BCUT2D eigenvalue weighted by molar-refractivity contribution is 5.95. The van der Waals surface area contributed by atoms with E-state index in [1.807, 2.05) is 0 Å². The maximum atomic E-state index is 13.5. The minimum Gasteiger partial charge on any atom is -0.489 e. The van der Waals surface area contributed by atoms with Gasteiger partial charge < -0.3 is 15.2 Å². The van der Waals surface area contributed by atoms with Crippen molar-refractivity contribution >= 4 is 11.7 Å². The van der Waals surface area contributed by atoms with E-state index in [4.69, 9.17) is 15.2 Å². The second-order valence-corrected chi connectivity index (χ2v) is 4.35. The zero-order valence-corrected chi connectivity index (χ0v) is 11.6. The van der Waals surface area contributed by atoms with Crippen molar-refractivity contribution in [3.8, 4) is 5.75 Å². The molecule has 0 aliphatic carbocycles. The fourth-order valence-electron chi connectivity index (χ4n) is 1.79. The highest BCUT2D eigenvalue weighted by atomic mass is 19.1. The van der Waals surface area contributed by atoms with Gasteiger partial charge in [-0.15, -0.1) is 0 Å². The predicted octanol–water partition coefficient (Wildman–Crippen LogP) is 3.16. The molecule has 5 heteroatoms. The first-order valence-corrected chi connectivity index (χ1v) is 6.54. The van der Waals surface area contributed by atoms with Gasteiger partial charge in [0.1, 0.15) is 18.2 Å². The lowest BCUT2D eigenvalue weighted by atomic mass is 10.1. The van der Waals surface area contributed by atoms with Crippen molar-refractivity contribution in [2.45, 2.75) is 13.5 Å². The zero-order valence-electron chi connectivity index (χ0n) is 11.6. The number of anilines is 1. The Morgan fingerprint density at radius 2 is 2.00 bits per heavy atom. The fourth-order valence-corrected chi connectivity index (χ4v) is 1.79. The van der Waals surface area contributed by atoms with Crippen LogP contribution < -0.4 is 10.5 Å². The van der Waals surface area contributed by atoms with E-state index in [1.54, 1.807) is 37.3 Å². The summed E-state index contributed by atoms with van der Waals surface area (Å²) in [6.07, 6.45) is 0. The molecular formula is C16H16FNO3. The Morgan fingerprint density at radius 1 is 1.24 bits per heavy atom. The van der Waals surface area contributed by atoms with Gasteiger partial charge in [0.25, 0.3) is 0 Å². The SMILES string of the molecule is CCOC(=O)c1cc(OCc2ccccc2F)ccc1N. The second kappa shape index (κ2) is 6.74. The Labute approximate surface area is 122 Å². The summed E-state index contributed by atoms with van der Waals surface area (Å²) in [5.74, 6) is -0.416. The molecule has 0 unspecified atom stereocenters. The molecule has 0 aliphatic heterocycles. The first-order chi connectivity index (χ1) is 10.1. The zero-order chi connectivity index (χ0) is 15.2. The van der Waals surface area contributed by atoms with Crippen molar-refractivity contribution in [3.63, 3.8) is 0 Å². The molecule has 0 radical (unpaired) electrons. The van der Waals surface area contributed by atoms with Gasteiger partial charge in [0.2, 0.25) is 0 Å². The standard InChI is InChI=1S/C16H16FNO3/c1-2-20-16(19)13-9-12(7-8-15(13)18)21-10-11-5-3-4-6-14(11)17/h3-9H,2,10,18H2,1H3. The maximum Gasteiger partial charge on any atom is 0.340 e. The van der Waals surface area contributed by atoms with Gasteiger partial charge in [-0.1, -0.05) is 18.2 Å². The van der Waals surface area contributed by atoms with Crippen LogP contribution in [0.5, 0.6) is 5.75 Å². The molecule has 0 atom stereocenters. The maximum absolute atomic E-state index is 13.5. The largest absolute Gasteiger partial charge is 0.489 e. The molecule has 2 N–H and O–H groups in total. The topological polar surface area (TPSA) is 61.5 Å². The molecule has 2 aromatic rings. The molecular weight excluding hydrogens is 273 g/mol. The number of esters is 1. The van der Waals surface area contributed by atoms with Gasteiger partial charge in [-0.2, -0.15) is 0 Å². The number of hydrogen-bond acceptors (Lipinski definition) is 4. The van der Waals surface area contributed by atoms with E-state index in [-0.39, 0.29) is 24.6 Å². The number of halogens is 1. The third kappa shape index (κ3) is 3.72. The van der Waals surface area contributed by atoms with E-state index in [9.17, 15) is 9.18 Å². The van der Waals surface area contributed by atoms with Gasteiger partial charge >= 0.3 is 5.97 Å². The highest BCUT2D eigenvalue weighted by Crippen LogP contribution is 2.22. The minimum atomic E-state index is -0.508. The molecule has 0 heterocycles. The Hall–Kier alpha value is -2.56. The fraction of sp³-hybridized carbons (Fsp3) is 0.188. The van der Waals surface area contributed by atoms with Crippen molar-refractivity contribution in [1.29, 1.82) is 0 Å². The van der Waals surface area contributed by atoms with Crippen LogP contribution >= 0.6 is 0 Å². The Balaban J connectivity index is 2.12. The van der Waals surface area contributed by atoms with Crippen molar-refractivity contribution in [1.82, 2.24) is 0 Å². The van der Waals surface area contributed by atoms with E-state index in [0.29, 0.717) is 17.0 Å². The van der Waals surface area contributed by atoms with E-state index in [1.165, 1.54) is 12.1 Å². The van der Waals surface area contributed by atoms with Crippen LogP contribution in [0.4, 0.5) is 10.1 Å². The van der Waals surface area contributed by atoms with Gasteiger partial charge in [-0.05, 0) is 31.2 Å². The molecule has 0 bridgehead atoms. The van der Waals surface area contributed by atoms with Gasteiger partial charge in [0, 0.05) is 11.3 Å². The first kappa shape index (κ1) is 14.8. The quantitative estimate of drug-likeness (QED) is 0.678. The molecule has 0 aliphatic rings. The summed E-state index contributed by atoms with van der Waals surface area (Å²) in [6, 6.07) is 11.0. The van der Waals surface area contributed by atoms with Crippen LogP contribution in [0, 0.1) is 5.82 Å². The second-order valence-electron chi connectivity index (χ2n) is 4.35. The summed E-state index contributed by atoms with van der Waals surface area (Å²) < 4.78 is 23.9. The molecule has 4 nitrogen and oxygen atoms in total. The number of hydrogen-bond donors (Lipinski definition) is 1. The number of benzene rings is 2. The Bertz CT molecular complexity index is 643. The summed E-state index contributed by atoms with van der Waals surface area (Å²) in [4.78, 5) is 11.7. The van der Waals surface area contributed by atoms with Crippen molar-refractivity contribution in [2.75, 3.05) is 12.3 Å². The summed E-state index contributed by atoms with van der Waals surface area (Å²) in [7, 11) is 0. The van der Waals surface area contributed by atoms with Gasteiger partial charge in [0.05, 0.1) is 12.2 Å². The molecule has 0 aromatic heterocycles. The Kier molecular flexibility index (Phi) is 4.77. The highest BCUT2D eigenvalue weighted by Gasteiger charge is 2.12. The average molecular weight is 289 g/mol. The lowest BCUT2D eigenvalue weighted by molar-refractivity contribution is 0.0527. The number of carbonyl (C=O) groups excluding carboxylic acids is 1. The van der Waals surface area contributed by atoms with Crippen LogP contribution in [-0.2, 0) is 11.3 Å². The smallest absolute Gasteiger partial charge is 0.340 e. The molecule has 21 heavy (non-hydrogen) atoms. The van der Waals surface area contributed by atoms with Crippen LogP contribution in [-0.4, -0.2) is 12.6 Å². The van der Waals surface area contributed by atoms with Gasteiger partial charge in [-0.25, -0.2) is 9.18 Å². The van der Waals surface area contributed by atoms with Crippen LogP contribution in [0.25, 0.3) is 0 Å². The number of rotatable bonds is 5. The molecule has 0 amide bonds. The number of ether oxygens (including phenoxy) is 2. The van der Waals surface area contributed by atoms with Gasteiger partial charge in [-0.3, -0.25) is 0 Å². The minimum absolute atomic E-state index is 0.0683. The molecule has 0 spiro atoms. The van der Waals surface area contributed by atoms with Crippen LogP contribution in [0.2, 0.25) is 0 Å². The van der Waals surface area contributed by atoms with E-state index in [2.05, 4.69) is 0 Å². The first-order valence-electron chi connectivity index (χ1n) is 6.54. The monoisotopic (exact) mass is 289 g/mol. The Morgan fingerprint density at radius 3 is 2.71 bits per heavy atom. The lowest BCUT2D eigenvalue weighted by Crippen LogP contribution is -2.08. The molecule has 2 rings (SSSR count). The van der Waals surface area contributed by atoms with Crippen LogP contribution in [0.15, 0.2) is 42.5 Å². The molecule has 110 valence electrons. The molecule has 0 saturated carbocycles. The molecule has 0 fully saturated rings. The van der Waals surface area contributed by atoms with Crippen molar-refractivity contribution in [3.05, 3.63) is 59.4 Å². The number of nitrogen functional groups attached to an aromatic ring is 1. The molecule has 2 aromatic carbocycles. The van der Waals surface area contributed by atoms with Gasteiger partial charge in [0.15, 0.2) is 0 Å². The van der Waals surface area contributed by atoms with E-state index in [0.717, 1.165) is 0 Å². The number of carbonyl (C=O) groups is 1. The van der Waals surface area contributed by atoms with E-state index >= 15 is 0 Å². The third-order valence-electron chi connectivity index (χ3n) is 2.87. The van der Waals surface area contributed by atoms with Crippen LogP contribution in [0.3, 0.4) is 0 Å². The summed E-state index contributed by atoms with van der Waals surface area (Å²) in [5.41, 5.74) is 6.72. The van der Waals surface area contributed by atoms with Crippen LogP contribution in [0.1, 0.15) is 22.8 Å².